The van der Waals surface area contributed by atoms with Crippen LogP contribution in [0.5, 0.6) is 11.5 Å². The lowest BCUT2D eigenvalue weighted by atomic mass is 9.80. The summed E-state index contributed by atoms with van der Waals surface area (Å²) in [5.74, 6) is -3.43. The first-order valence-corrected chi connectivity index (χ1v) is 12.6. The summed E-state index contributed by atoms with van der Waals surface area (Å²) >= 11 is 3.44. The first-order valence-electron chi connectivity index (χ1n) is 11.8. The maximum Gasteiger partial charge on any atom is 0.324 e. The van der Waals surface area contributed by atoms with Crippen molar-refractivity contribution in [3.8, 4) is 11.5 Å². The molecule has 1 fully saturated rings. The molecule has 0 radical (unpaired) electrons. The second-order valence-electron chi connectivity index (χ2n) is 9.31. The first-order chi connectivity index (χ1) is 17.8. The van der Waals surface area contributed by atoms with Crippen LogP contribution in [0, 0.1) is 5.92 Å². The average molecular weight is 564 g/mol. The van der Waals surface area contributed by atoms with Gasteiger partial charge in [-0.05, 0) is 47.0 Å². The second kappa shape index (κ2) is 9.94. The number of aromatic amines is 1. The van der Waals surface area contributed by atoms with Crippen LogP contribution in [0.1, 0.15) is 36.5 Å². The van der Waals surface area contributed by atoms with E-state index in [0.29, 0.717) is 23.7 Å². The molecule has 3 aromatic carbocycles. The van der Waals surface area contributed by atoms with Crippen molar-refractivity contribution in [3.05, 3.63) is 94.1 Å². The summed E-state index contributed by atoms with van der Waals surface area (Å²) in [6.07, 6.45) is 1.82. The second-order valence-corrected chi connectivity index (χ2v) is 10.2. The Morgan fingerprint density at radius 3 is 2.38 bits per heavy atom. The zero-order valence-corrected chi connectivity index (χ0v) is 22.2. The molecule has 0 aliphatic carbocycles. The molecule has 1 N–H and O–H groups in total. The monoisotopic (exact) mass is 563 g/mol. The van der Waals surface area contributed by atoms with Gasteiger partial charge in [0.25, 0.3) is 5.79 Å². The van der Waals surface area contributed by atoms with Crippen LogP contribution in [-0.2, 0) is 25.7 Å². The van der Waals surface area contributed by atoms with Crippen molar-refractivity contribution in [2.24, 2.45) is 5.92 Å². The van der Waals surface area contributed by atoms with Crippen LogP contribution in [0.2, 0.25) is 0 Å². The number of nitrogens with one attached hydrogen (secondary N) is 1. The molecule has 0 bridgehead atoms. The van der Waals surface area contributed by atoms with E-state index in [1.807, 2.05) is 60.8 Å². The summed E-state index contributed by atoms with van der Waals surface area (Å²) in [6.45, 7) is 3.44. The van der Waals surface area contributed by atoms with Gasteiger partial charge in [0.1, 0.15) is 6.61 Å². The molecule has 1 aliphatic rings. The Labute approximate surface area is 222 Å². The third-order valence-corrected chi connectivity index (χ3v) is 6.87. The number of rotatable bonds is 7. The maximum atomic E-state index is 13.2. The van der Waals surface area contributed by atoms with E-state index >= 15 is 0 Å². The summed E-state index contributed by atoms with van der Waals surface area (Å²) in [7, 11) is 1.55. The van der Waals surface area contributed by atoms with E-state index in [-0.39, 0.29) is 0 Å². The van der Waals surface area contributed by atoms with Gasteiger partial charge in [-0.25, -0.2) is 0 Å². The smallest absolute Gasteiger partial charge is 0.324 e. The SMILES string of the molecule is COc1cc([C@@H](c2c[nH]c3ccccc23)C2C(=O)OC(C)(C)OC2=O)ccc1OCc1ccc(Br)cc1. The lowest BCUT2D eigenvalue weighted by Crippen LogP contribution is -2.48. The van der Waals surface area contributed by atoms with Gasteiger partial charge in [-0.2, -0.15) is 0 Å². The van der Waals surface area contributed by atoms with Gasteiger partial charge in [0.2, 0.25) is 0 Å². The van der Waals surface area contributed by atoms with Gasteiger partial charge < -0.3 is 23.9 Å². The van der Waals surface area contributed by atoms with E-state index in [1.54, 1.807) is 33.1 Å². The number of ether oxygens (including phenoxy) is 4. The highest BCUT2D eigenvalue weighted by atomic mass is 79.9. The highest BCUT2D eigenvalue weighted by Crippen LogP contribution is 2.43. The van der Waals surface area contributed by atoms with E-state index in [1.165, 1.54) is 0 Å². The molecule has 190 valence electrons. The number of H-pyrrole nitrogens is 1. The van der Waals surface area contributed by atoms with Crippen LogP contribution in [0.15, 0.2) is 77.4 Å². The van der Waals surface area contributed by atoms with E-state index in [4.69, 9.17) is 18.9 Å². The Hall–Kier alpha value is -3.78. The summed E-state index contributed by atoms with van der Waals surface area (Å²) < 4.78 is 23.7. The van der Waals surface area contributed by atoms with Crippen molar-refractivity contribution in [2.45, 2.75) is 32.2 Å². The molecular formula is C29H26BrNO6. The third-order valence-electron chi connectivity index (χ3n) is 6.34. The Morgan fingerprint density at radius 1 is 0.973 bits per heavy atom. The molecule has 0 saturated carbocycles. The fraction of sp³-hybridized carbons (Fsp3) is 0.241. The molecule has 1 aliphatic heterocycles. The fourth-order valence-electron chi connectivity index (χ4n) is 4.64. The minimum absolute atomic E-state index is 0.352. The summed E-state index contributed by atoms with van der Waals surface area (Å²) in [5, 5.41) is 0.896. The number of cyclic esters (lactones) is 2. The Bertz CT molecular complexity index is 1440. The van der Waals surface area contributed by atoms with Crippen LogP contribution >= 0.6 is 15.9 Å². The minimum Gasteiger partial charge on any atom is -0.493 e. The summed E-state index contributed by atoms with van der Waals surface area (Å²) in [6, 6.07) is 21.0. The van der Waals surface area contributed by atoms with Crippen LogP contribution in [0.3, 0.4) is 0 Å². The number of carbonyl (C=O) groups is 2. The molecule has 0 amide bonds. The number of hydrogen-bond acceptors (Lipinski definition) is 6. The molecule has 1 atom stereocenters. The van der Waals surface area contributed by atoms with Gasteiger partial charge in [-0.1, -0.05) is 52.3 Å². The van der Waals surface area contributed by atoms with Crippen molar-refractivity contribution in [3.63, 3.8) is 0 Å². The van der Waals surface area contributed by atoms with E-state index < -0.39 is 29.6 Å². The summed E-state index contributed by atoms with van der Waals surface area (Å²) in [4.78, 5) is 29.6. The van der Waals surface area contributed by atoms with Gasteiger partial charge >= 0.3 is 11.9 Å². The number of aromatic nitrogens is 1. The number of fused-ring (bicyclic) bond motifs is 1. The molecule has 1 saturated heterocycles. The largest absolute Gasteiger partial charge is 0.493 e. The predicted molar refractivity (Wildman–Crippen MR) is 141 cm³/mol. The number of carbonyl (C=O) groups excluding carboxylic acids is 2. The minimum atomic E-state index is -1.32. The van der Waals surface area contributed by atoms with Crippen LogP contribution in [0.25, 0.3) is 10.9 Å². The third kappa shape index (κ3) is 5.06. The van der Waals surface area contributed by atoms with Gasteiger partial charge in [-0.3, -0.25) is 9.59 Å². The molecule has 2 heterocycles. The summed E-state index contributed by atoms with van der Waals surface area (Å²) in [5.41, 5.74) is 3.36. The fourth-order valence-corrected chi connectivity index (χ4v) is 4.91. The predicted octanol–water partition coefficient (Wildman–Crippen LogP) is 6.10. The lowest BCUT2D eigenvalue weighted by Gasteiger charge is -2.36. The number of hydrogen-bond donors (Lipinski definition) is 1. The molecule has 37 heavy (non-hydrogen) atoms. The highest BCUT2D eigenvalue weighted by molar-refractivity contribution is 9.10. The quantitative estimate of drug-likeness (QED) is 0.216. The molecule has 0 unspecified atom stereocenters. The number of para-hydroxylation sites is 1. The molecule has 7 nitrogen and oxygen atoms in total. The van der Waals surface area contributed by atoms with Crippen molar-refractivity contribution in [1.29, 1.82) is 0 Å². The average Bonchev–Trinajstić information content (AvgIpc) is 3.29. The van der Waals surface area contributed by atoms with Crippen molar-refractivity contribution in [2.75, 3.05) is 7.11 Å². The Kier molecular flexibility index (Phi) is 6.69. The zero-order chi connectivity index (χ0) is 26.2. The molecule has 0 spiro atoms. The standard InChI is InChI=1S/C29H26BrNO6/c1-29(2)36-27(32)26(28(33)37-29)25(21-15-31-22-7-5-4-6-20(21)22)18-10-13-23(24(14-18)34-3)35-16-17-8-11-19(30)12-9-17/h4-15,25-26,31H,16H2,1-3H3/t25-/m0/s1. The number of methoxy groups -OCH3 is 1. The Balaban J connectivity index is 1.54. The first kappa shape index (κ1) is 24.9. The molecule has 5 rings (SSSR count). The number of halogens is 1. The Morgan fingerprint density at radius 2 is 1.68 bits per heavy atom. The normalized spacial score (nSPS) is 16.2. The van der Waals surface area contributed by atoms with Gasteiger partial charge in [0.05, 0.1) is 7.11 Å². The zero-order valence-electron chi connectivity index (χ0n) is 20.6. The topological polar surface area (TPSA) is 86.9 Å². The van der Waals surface area contributed by atoms with Gasteiger partial charge in [0.15, 0.2) is 17.4 Å². The van der Waals surface area contributed by atoms with Crippen LogP contribution < -0.4 is 9.47 Å². The van der Waals surface area contributed by atoms with E-state index in [2.05, 4.69) is 20.9 Å². The highest BCUT2D eigenvalue weighted by Gasteiger charge is 2.48. The van der Waals surface area contributed by atoms with Crippen molar-refractivity contribution in [1.82, 2.24) is 4.98 Å². The van der Waals surface area contributed by atoms with Gasteiger partial charge in [-0.15, -0.1) is 0 Å². The number of esters is 2. The molecule has 1 aromatic heterocycles. The number of benzene rings is 3. The van der Waals surface area contributed by atoms with Crippen LogP contribution in [0.4, 0.5) is 0 Å². The lowest BCUT2D eigenvalue weighted by molar-refractivity contribution is -0.240. The van der Waals surface area contributed by atoms with E-state index in [0.717, 1.165) is 26.5 Å². The molecule has 8 heteroatoms. The molecule has 4 aromatic rings. The molecular weight excluding hydrogens is 538 g/mol. The van der Waals surface area contributed by atoms with E-state index in [9.17, 15) is 9.59 Å². The van der Waals surface area contributed by atoms with Crippen molar-refractivity contribution >= 4 is 38.8 Å². The van der Waals surface area contributed by atoms with Crippen LogP contribution in [-0.4, -0.2) is 29.8 Å². The van der Waals surface area contributed by atoms with Gasteiger partial charge in [0, 0.05) is 41.3 Å². The maximum absolute atomic E-state index is 13.2. The van der Waals surface area contributed by atoms with Crippen molar-refractivity contribution < 1.29 is 28.5 Å².